The molecule has 2 rings (SSSR count). The number of aldehydes is 1. The minimum Gasteiger partial charge on any atom is -0.445 e. The number of piperazine rings is 1. The average Bonchev–Trinajstić information content (AvgIpc) is 2.60. The molecule has 1 amide bonds. The highest BCUT2D eigenvalue weighted by Crippen LogP contribution is 2.32. The molecule has 0 atom stereocenters. The maximum absolute atomic E-state index is 12.9. The number of carbonyl (C=O) groups is 2. The fourth-order valence-electron chi connectivity index (χ4n) is 2.71. The van der Waals surface area contributed by atoms with Crippen molar-refractivity contribution >= 4 is 12.4 Å². The smallest absolute Gasteiger partial charge is 0.416 e. The SMILES string of the molecule is O=CCCCN1CCN(C(=O)OCc2ccccc2C(F)(F)F)CC1. The number of halogens is 3. The zero-order valence-corrected chi connectivity index (χ0v) is 13.8. The van der Waals surface area contributed by atoms with Gasteiger partial charge in [-0.05, 0) is 19.0 Å². The summed E-state index contributed by atoms with van der Waals surface area (Å²) in [6.45, 7) is 2.62. The highest BCUT2D eigenvalue weighted by molar-refractivity contribution is 5.67. The molecule has 0 N–H and O–H groups in total. The first kappa shape index (κ1) is 19.2. The standard InChI is InChI=1S/C17H21F3N2O3/c18-17(19,20)15-6-2-1-5-14(15)13-25-16(24)22-10-8-21(9-11-22)7-3-4-12-23/h1-2,5-6,12H,3-4,7-11,13H2. The van der Waals surface area contributed by atoms with E-state index >= 15 is 0 Å². The number of hydrogen-bond donors (Lipinski definition) is 0. The largest absolute Gasteiger partial charge is 0.445 e. The summed E-state index contributed by atoms with van der Waals surface area (Å²) in [6.07, 6.45) is -2.91. The molecule has 0 aromatic heterocycles. The molecule has 1 saturated heterocycles. The van der Waals surface area contributed by atoms with Gasteiger partial charge in [0.2, 0.25) is 0 Å². The molecule has 0 unspecified atom stereocenters. The van der Waals surface area contributed by atoms with Crippen LogP contribution >= 0.6 is 0 Å². The molecule has 0 spiro atoms. The van der Waals surface area contributed by atoms with E-state index in [4.69, 9.17) is 4.74 Å². The van der Waals surface area contributed by atoms with Gasteiger partial charge in [-0.2, -0.15) is 13.2 Å². The van der Waals surface area contributed by atoms with E-state index < -0.39 is 24.4 Å². The van der Waals surface area contributed by atoms with Crippen LogP contribution in [0.2, 0.25) is 0 Å². The van der Waals surface area contributed by atoms with Crippen molar-refractivity contribution in [1.82, 2.24) is 9.80 Å². The Balaban J connectivity index is 1.81. The molecule has 0 saturated carbocycles. The maximum Gasteiger partial charge on any atom is 0.416 e. The molecule has 1 aliphatic rings. The molecule has 0 aliphatic carbocycles. The van der Waals surface area contributed by atoms with Gasteiger partial charge in [-0.25, -0.2) is 4.79 Å². The summed E-state index contributed by atoms with van der Waals surface area (Å²) in [6, 6.07) is 5.07. The molecule has 1 fully saturated rings. The van der Waals surface area contributed by atoms with Gasteiger partial charge in [0.1, 0.15) is 12.9 Å². The van der Waals surface area contributed by atoms with Crippen molar-refractivity contribution in [2.45, 2.75) is 25.6 Å². The molecule has 1 aromatic carbocycles. The van der Waals surface area contributed by atoms with Gasteiger partial charge in [0, 0.05) is 38.2 Å². The highest BCUT2D eigenvalue weighted by atomic mass is 19.4. The number of carbonyl (C=O) groups excluding carboxylic acids is 2. The monoisotopic (exact) mass is 358 g/mol. The number of amides is 1. The number of ether oxygens (including phenoxy) is 1. The zero-order valence-electron chi connectivity index (χ0n) is 13.8. The Hall–Kier alpha value is -2.09. The molecule has 138 valence electrons. The maximum atomic E-state index is 12.9. The van der Waals surface area contributed by atoms with Crippen molar-refractivity contribution < 1.29 is 27.5 Å². The van der Waals surface area contributed by atoms with E-state index in [1.165, 1.54) is 23.1 Å². The van der Waals surface area contributed by atoms with Crippen molar-refractivity contribution in [2.24, 2.45) is 0 Å². The molecule has 8 heteroatoms. The number of rotatable bonds is 6. The Morgan fingerprint density at radius 2 is 1.84 bits per heavy atom. The summed E-state index contributed by atoms with van der Waals surface area (Å²) in [7, 11) is 0. The first-order chi connectivity index (χ1) is 11.9. The summed E-state index contributed by atoms with van der Waals surface area (Å²) in [5.41, 5.74) is -0.848. The third-order valence-corrected chi connectivity index (χ3v) is 4.10. The summed E-state index contributed by atoms with van der Waals surface area (Å²) in [5.74, 6) is 0. The van der Waals surface area contributed by atoms with E-state index in [0.717, 1.165) is 25.3 Å². The Kier molecular flexibility index (Phi) is 6.81. The van der Waals surface area contributed by atoms with Crippen LogP contribution < -0.4 is 0 Å². The minimum atomic E-state index is -4.48. The molecule has 1 aliphatic heterocycles. The van der Waals surface area contributed by atoms with Crippen molar-refractivity contribution in [3.8, 4) is 0 Å². The predicted molar refractivity (Wildman–Crippen MR) is 84.9 cm³/mol. The van der Waals surface area contributed by atoms with Crippen LogP contribution in [0, 0.1) is 0 Å². The van der Waals surface area contributed by atoms with Gasteiger partial charge in [0.05, 0.1) is 5.56 Å². The lowest BCUT2D eigenvalue weighted by molar-refractivity contribution is -0.138. The first-order valence-electron chi connectivity index (χ1n) is 8.14. The van der Waals surface area contributed by atoms with Crippen LogP contribution in [0.3, 0.4) is 0 Å². The van der Waals surface area contributed by atoms with Gasteiger partial charge in [-0.15, -0.1) is 0 Å². The fraction of sp³-hybridized carbons (Fsp3) is 0.529. The van der Waals surface area contributed by atoms with Gasteiger partial charge in [-0.3, -0.25) is 4.90 Å². The van der Waals surface area contributed by atoms with E-state index in [2.05, 4.69) is 4.90 Å². The third-order valence-electron chi connectivity index (χ3n) is 4.10. The minimum absolute atomic E-state index is 0.0594. The molecule has 0 radical (unpaired) electrons. The van der Waals surface area contributed by atoms with Crippen LogP contribution in [0.4, 0.5) is 18.0 Å². The quantitative estimate of drug-likeness (QED) is 0.580. The van der Waals surface area contributed by atoms with Crippen LogP contribution in [-0.2, 0) is 22.3 Å². The van der Waals surface area contributed by atoms with Crippen LogP contribution in [0.15, 0.2) is 24.3 Å². The van der Waals surface area contributed by atoms with E-state index in [1.54, 1.807) is 0 Å². The normalized spacial score (nSPS) is 15.9. The van der Waals surface area contributed by atoms with Gasteiger partial charge in [0.15, 0.2) is 0 Å². The number of nitrogens with zero attached hydrogens (tertiary/aromatic N) is 2. The second kappa shape index (κ2) is 8.84. The number of hydrogen-bond acceptors (Lipinski definition) is 4. The summed E-state index contributed by atoms with van der Waals surface area (Å²) in [4.78, 5) is 26.0. The molecular formula is C17H21F3N2O3. The van der Waals surface area contributed by atoms with Gasteiger partial charge in [0.25, 0.3) is 0 Å². The Labute approximate surface area is 144 Å². The zero-order chi connectivity index (χ0) is 18.3. The Morgan fingerprint density at radius 1 is 1.16 bits per heavy atom. The second-order valence-electron chi connectivity index (χ2n) is 5.85. The summed E-state index contributed by atoms with van der Waals surface area (Å²) >= 11 is 0. The van der Waals surface area contributed by atoms with Crippen molar-refractivity contribution in [3.05, 3.63) is 35.4 Å². The predicted octanol–water partition coefficient (Wildman–Crippen LogP) is 2.94. The van der Waals surface area contributed by atoms with Crippen molar-refractivity contribution in [1.29, 1.82) is 0 Å². The van der Waals surface area contributed by atoms with E-state index in [9.17, 15) is 22.8 Å². The number of alkyl halides is 3. The summed E-state index contributed by atoms with van der Waals surface area (Å²) in [5, 5.41) is 0. The second-order valence-corrected chi connectivity index (χ2v) is 5.85. The molecular weight excluding hydrogens is 337 g/mol. The number of unbranched alkanes of at least 4 members (excludes halogenated alkanes) is 1. The first-order valence-corrected chi connectivity index (χ1v) is 8.14. The lowest BCUT2D eigenvalue weighted by Crippen LogP contribution is -2.49. The molecule has 1 heterocycles. The summed E-state index contributed by atoms with van der Waals surface area (Å²) < 4.78 is 43.8. The third kappa shape index (κ3) is 5.74. The van der Waals surface area contributed by atoms with E-state index in [1.807, 2.05) is 0 Å². The average molecular weight is 358 g/mol. The van der Waals surface area contributed by atoms with Crippen LogP contribution in [-0.4, -0.2) is 54.9 Å². The molecule has 5 nitrogen and oxygen atoms in total. The lowest BCUT2D eigenvalue weighted by atomic mass is 10.1. The Morgan fingerprint density at radius 3 is 2.48 bits per heavy atom. The highest BCUT2D eigenvalue weighted by Gasteiger charge is 2.33. The van der Waals surface area contributed by atoms with Crippen LogP contribution in [0.1, 0.15) is 24.0 Å². The number of benzene rings is 1. The lowest BCUT2D eigenvalue weighted by Gasteiger charge is -2.34. The van der Waals surface area contributed by atoms with Crippen molar-refractivity contribution in [3.63, 3.8) is 0 Å². The topological polar surface area (TPSA) is 49.9 Å². The van der Waals surface area contributed by atoms with Crippen LogP contribution in [0.25, 0.3) is 0 Å². The molecule has 0 bridgehead atoms. The van der Waals surface area contributed by atoms with Crippen molar-refractivity contribution in [2.75, 3.05) is 32.7 Å². The fourth-order valence-corrected chi connectivity index (χ4v) is 2.71. The van der Waals surface area contributed by atoms with Crippen LogP contribution in [0.5, 0.6) is 0 Å². The molecule has 1 aromatic rings. The van der Waals surface area contributed by atoms with Gasteiger partial charge >= 0.3 is 12.3 Å². The van der Waals surface area contributed by atoms with E-state index in [-0.39, 0.29) is 5.56 Å². The van der Waals surface area contributed by atoms with Gasteiger partial charge in [-0.1, -0.05) is 18.2 Å². The molecule has 25 heavy (non-hydrogen) atoms. The van der Waals surface area contributed by atoms with Gasteiger partial charge < -0.3 is 14.4 Å². The van der Waals surface area contributed by atoms with E-state index in [0.29, 0.717) is 32.6 Å². The Bertz CT molecular complexity index is 585.